The normalized spacial score (nSPS) is 20.9. The molecule has 61 valence electrons. The SMILES string of the molecule is Clc1cccc(C2C[C]=NO2)c1. The average molecular weight is 181 g/mol. The van der Waals surface area contributed by atoms with Gasteiger partial charge in [-0.05, 0) is 17.7 Å². The van der Waals surface area contributed by atoms with Crippen molar-refractivity contribution >= 4 is 17.8 Å². The molecule has 1 aromatic rings. The molecule has 3 heteroatoms. The summed E-state index contributed by atoms with van der Waals surface area (Å²) in [7, 11) is 0. The average Bonchev–Trinajstić information content (AvgIpc) is 2.56. The van der Waals surface area contributed by atoms with E-state index >= 15 is 0 Å². The number of nitrogens with zero attached hydrogens (tertiary/aromatic N) is 1. The number of hydrogen-bond acceptors (Lipinski definition) is 2. The molecule has 0 spiro atoms. The molecule has 0 saturated heterocycles. The van der Waals surface area contributed by atoms with Crippen LogP contribution in [0.3, 0.4) is 0 Å². The Labute approximate surface area is 75.8 Å². The minimum atomic E-state index is 0.00343. The van der Waals surface area contributed by atoms with Gasteiger partial charge in [0.25, 0.3) is 0 Å². The highest BCUT2D eigenvalue weighted by Gasteiger charge is 2.16. The van der Waals surface area contributed by atoms with Crippen molar-refractivity contribution in [2.75, 3.05) is 0 Å². The molecule has 12 heavy (non-hydrogen) atoms. The quantitative estimate of drug-likeness (QED) is 0.651. The summed E-state index contributed by atoms with van der Waals surface area (Å²) in [5.41, 5.74) is 1.05. The largest absolute Gasteiger partial charge is 0.387 e. The lowest BCUT2D eigenvalue weighted by atomic mass is 10.1. The van der Waals surface area contributed by atoms with Crippen LogP contribution in [0, 0.1) is 0 Å². The summed E-state index contributed by atoms with van der Waals surface area (Å²) in [5, 5.41) is 4.30. The molecule has 1 aliphatic rings. The van der Waals surface area contributed by atoms with Crippen molar-refractivity contribution in [2.24, 2.45) is 5.16 Å². The first-order valence-electron chi connectivity index (χ1n) is 3.70. The molecule has 1 unspecified atom stereocenters. The Kier molecular flexibility index (Phi) is 2.00. The Morgan fingerprint density at radius 1 is 1.58 bits per heavy atom. The Morgan fingerprint density at radius 2 is 2.50 bits per heavy atom. The maximum Gasteiger partial charge on any atom is 0.158 e. The highest BCUT2D eigenvalue weighted by atomic mass is 35.5. The Hall–Kier alpha value is -1.02. The first-order chi connectivity index (χ1) is 5.86. The maximum absolute atomic E-state index is 5.82. The zero-order chi connectivity index (χ0) is 8.39. The summed E-state index contributed by atoms with van der Waals surface area (Å²) in [6.07, 6.45) is 3.46. The molecule has 0 saturated carbocycles. The van der Waals surface area contributed by atoms with Crippen molar-refractivity contribution in [3.05, 3.63) is 34.9 Å². The second-order valence-corrected chi connectivity index (χ2v) is 3.04. The van der Waals surface area contributed by atoms with Crippen LogP contribution in [0.4, 0.5) is 0 Å². The van der Waals surface area contributed by atoms with E-state index in [2.05, 4.69) is 11.4 Å². The summed E-state index contributed by atoms with van der Waals surface area (Å²) in [5.74, 6) is 0. The van der Waals surface area contributed by atoms with E-state index in [1.807, 2.05) is 24.3 Å². The van der Waals surface area contributed by atoms with Crippen LogP contribution in [0.1, 0.15) is 18.1 Å². The molecule has 2 rings (SSSR count). The molecule has 0 amide bonds. The van der Waals surface area contributed by atoms with E-state index in [1.54, 1.807) is 0 Å². The van der Waals surface area contributed by atoms with Gasteiger partial charge in [-0.15, -0.1) is 0 Å². The van der Waals surface area contributed by atoms with Gasteiger partial charge in [0.2, 0.25) is 0 Å². The molecule has 1 heterocycles. The maximum atomic E-state index is 5.82. The van der Waals surface area contributed by atoms with E-state index in [0.717, 1.165) is 10.6 Å². The summed E-state index contributed by atoms with van der Waals surface area (Å²) < 4.78 is 0. The van der Waals surface area contributed by atoms with Crippen LogP contribution in [-0.2, 0) is 4.84 Å². The second-order valence-electron chi connectivity index (χ2n) is 2.60. The third-order valence-corrected chi connectivity index (χ3v) is 1.98. The van der Waals surface area contributed by atoms with E-state index in [9.17, 15) is 0 Å². The van der Waals surface area contributed by atoms with E-state index in [4.69, 9.17) is 16.4 Å². The van der Waals surface area contributed by atoms with Gasteiger partial charge in [0, 0.05) is 11.4 Å². The lowest BCUT2D eigenvalue weighted by molar-refractivity contribution is 0.0858. The van der Waals surface area contributed by atoms with Gasteiger partial charge in [-0.2, -0.15) is 0 Å². The van der Waals surface area contributed by atoms with Crippen molar-refractivity contribution in [1.29, 1.82) is 0 Å². The van der Waals surface area contributed by atoms with E-state index in [0.29, 0.717) is 6.42 Å². The number of rotatable bonds is 1. The number of hydrogen-bond donors (Lipinski definition) is 0. The van der Waals surface area contributed by atoms with E-state index in [1.165, 1.54) is 0 Å². The predicted molar refractivity (Wildman–Crippen MR) is 47.3 cm³/mol. The van der Waals surface area contributed by atoms with Gasteiger partial charge in [-0.3, -0.25) is 0 Å². The first kappa shape index (κ1) is 7.62. The molecule has 1 aromatic carbocycles. The highest BCUT2D eigenvalue weighted by molar-refractivity contribution is 6.30. The molecule has 0 N–H and O–H groups in total. The summed E-state index contributed by atoms with van der Waals surface area (Å²) in [6, 6.07) is 7.59. The van der Waals surface area contributed by atoms with Crippen LogP contribution in [0.2, 0.25) is 5.02 Å². The molecule has 0 fully saturated rings. The zero-order valence-electron chi connectivity index (χ0n) is 6.33. The van der Waals surface area contributed by atoms with Crippen molar-refractivity contribution in [2.45, 2.75) is 12.5 Å². The fourth-order valence-corrected chi connectivity index (χ4v) is 1.34. The Morgan fingerprint density at radius 3 is 3.17 bits per heavy atom. The van der Waals surface area contributed by atoms with Crippen LogP contribution in [0.15, 0.2) is 29.4 Å². The van der Waals surface area contributed by atoms with E-state index < -0.39 is 0 Å². The minimum absolute atomic E-state index is 0.00343. The molecular formula is C9H7ClNO. The summed E-state index contributed by atoms with van der Waals surface area (Å²) in [6.45, 7) is 0. The topological polar surface area (TPSA) is 21.6 Å². The van der Waals surface area contributed by atoms with Gasteiger partial charge in [-0.1, -0.05) is 28.9 Å². The lowest BCUT2D eigenvalue weighted by Crippen LogP contribution is -1.94. The van der Waals surface area contributed by atoms with Gasteiger partial charge >= 0.3 is 0 Å². The van der Waals surface area contributed by atoms with Gasteiger partial charge in [0.15, 0.2) is 6.10 Å². The van der Waals surface area contributed by atoms with Gasteiger partial charge in [-0.25, -0.2) is 0 Å². The second kappa shape index (κ2) is 3.15. The number of halogens is 1. The van der Waals surface area contributed by atoms with Crippen molar-refractivity contribution in [1.82, 2.24) is 0 Å². The zero-order valence-corrected chi connectivity index (χ0v) is 7.08. The molecule has 0 bridgehead atoms. The van der Waals surface area contributed by atoms with Crippen LogP contribution in [0.25, 0.3) is 0 Å². The van der Waals surface area contributed by atoms with Crippen molar-refractivity contribution < 1.29 is 4.84 Å². The fourth-order valence-electron chi connectivity index (χ4n) is 1.14. The van der Waals surface area contributed by atoms with Crippen molar-refractivity contribution in [3.8, 4) is 0 Å². The molecule has 0 aliphatic carbocycles. The van der Waals surface area contributed by atoms with Gasteiger partial charge in [0.05, 0.1) is 0 Å². The van der Waals surface area contributed by atoms with Crippen molar-refractivity contribution in [3.63, 3.8) is 0 Å². The summed E-state index contributed by atoms with van der Waals surface area (Å²) >= 11 is 5.82. The van der Waals surface area contributed by atoms with Crippen LogP contribution < -0.4 is 0 Å². The van der Waals surface area contributed by atoms with Crippen LogP contribution in [-0.4, -0.2) is 6.21 Å². The van der Waals surface area contributed by atoms with Crippen LogP contribution in [0.5, 0.6) is 0 Å². The Balaban J connectivity index is 2.22. The lowest BCUT2D eigenvalue weighted by Gasteiger charge is -2.07. The Bertz CT molecular complexity index is 303. The minimum Gasteiger partial charge on any atom is -0.387 e. The third-order valence-electron chi connectivity index (χ3n) is 1.74. The van der Waals surface area contributed by atoms with E-state index in [-0.39, 0.29) is 6.10 Å². The molecule has 2 nitrogen and oxygen atoms in total. The first-order valence-corrected chi connectivity index (χ1v) is 4.08. The predicted octanol–water partition coefficient (Wildman–Crippen LogP) is 2.66. The standard InChI is InChI=1S/C9H7ClNO/c10-8-3-1-2-7(6-8)9-4-5-11-12-9/h1-3,6,9H,4H2. The monoisotopic (exact) mass is 180 g/mol. The number of benzene rings is 1. The summed E-state index contributed by atoms with van der Waals surface area (Å²) in [4.78, 5) is 5.05. The van der Waals surface area contributed by atoms with Gasteiger partial charge in [0.1, 0.15) is 6.21 Å². The van der Waals surface area contributed by atoms with Crippen LogP contribution >= 0.6 is 11.6 Å². The molecule has 1 atom stereocenters. The highest BCUT2D eigenvalue weighted by Crippen LogP contribution is 2.25. The molecule has 1 radical (unpaired) electrons. The fraction of sp³-hybridized carbons (Fsp3) is 0.222. The molecular weight excluding hydrogens is 174 g/mol. The molecule has 0 aromatic heterocycles. The third kappa shape index (κ3) is 1.43. The van der Waals surface area contributed by atoms with Gasteiger partial charge < -0.3 is 4.84 Å². The smallest absolute Gasteiger partial charge is 0.158 e. The molecule has 1 aliphatic heterocycles.